The van der Waals surface area contributed by atoms with Crippen molar-refractivity contribution >= 4 is 40.5 Å². The molecular formula is C15H14Cl2N2O. The van der Waals surface area contributed by atoms with E-state index in [9.17, 15) is 4.79 Å². The van der Waals surface area contributed by atoms with Gasteiger partial charge in [0.2, 0.25) is 0 Å². The van der Waals surface area contributed by atoms with Gasteiger partial charge in [-0.1, -0.05) is 40.4 Å². The van der Waals surface area contributed by atoms with E-state index >= 15 is 0 Å². The van der Waals surface area contributed by atoms with E-state index in [1.54, 1.807) is 12.1 Å². The maximum absolute atomic E-state index is 12.2. The Morgan fingerprint density at radius 2 is 1.50 bits per heavy atom. The monoisotopic (exact) mass is 308 g/mol. The summed E-state index contributed by atoms with van der Waals surface area (Å²) in [5, 5.41) is 3.38. The molecular weight excluding hydrogens is 295 g/mol. The van der Waals surface area contributed by atoms with E-state index < -0.39 is 0 Å². The highest BCUT2D eigenvalue weighted by Crippen LogP contribution is 2.31. The maximum Gasteiger partial charge on any atom is 0.255 e. The van der Waals surface area contributed by atoms with Gasteiger partial charge in [-0.15, -0.1) is 0 Å². The number of aryl methyl sites for hydroxylation is 2. The Hall–Kier alpha value is -1.71. The lowest BCUT2D eigenvalue weighted by molar-refractivity contribution is 0.102. The van der Waals surface area contributed by atoms with Crippen LogP contribution in [0.25, 0.3) is 0 Å². The predicted octanol–water partition coefficient (Wildman–Crippen LogP) is 4.44. The number of benzene rings is 2. The van der Waals surface area contributed by atoms with E-state index in [0.717, 1.165) is 11.1 Å². The Bertz CT molecular complexity index is 640. The second-order valence-corrected chi connectivity index (χ2v) is 5.50. The number of nitrogens with one attached hydrogen (secondary N) is 1. The van der Waals surface area contributed by atoms with Crippen LogP contribution in [0.15, 0.2) is 30.3 Å². The molecule has 20 heavy (non-hydrogen) atoms. The third kappa shape index (κ3) is 3.24. The van der Waals surface area contributed by atoms with Crippen molar-refractivity contribution < 1.29 is 4.79 Å². The molecule has 0 aromatic heterocycles. The highest BCUT2D eigenvalue weighted by atomic mass is 35.5. The number of anilines is 2. The van der Waals surface area contributed by atoms with Gasteiger partial charge in [0.15, 0.2) is 0 Å². The summed E-state index contributed by atoms with van der Waals surface area (Å²) in [6, 6.07) is 8.80. The van der Waals surface area contributed by atoms with Crippen molar-refractivity contribution in [3.8, 4) is 0 Å². The number of hydrogen-bond donors (Lipinski definition) is 2. The Kier molecular flexibility index (Phi) is 4.21. The van der Waals surface area contributed by atoms with Crippen LogP contribution in [0.4, 0.5) is 11.4 Å². The average Bonchev–Trinajstić information content (AvgIpc) is 2.34. The number of nitrogen functional groups attached to an aromatic ring is 1. The van der Waals surface area contributed by atoms with E-state index in [4.69, 9.17) is 28.9 Å². The molecule has 0 aliphatic heterocycles. The van der Waals surface area contributed by atoms with E-state index in [0.29, 0.717) is 27.0 Å². The van der Waals surface area contributed by atoms with Gasteiger partial charge in [-0.25, -0.2) is 0 Å². The molecule has 1 amide bonds. The molecule has 3 nitrogen and oxygen atoms in total. The van der Waals surface area contributed by atoms with Crippen LogP contribution in [-0.4, -0.2) is 5.91 Å². The molecule has 0 fully saturated rings. The van der Waals surface area contributed by atoms with Crippen molar-refractivity contribution in [3.05, 3.63) is 57.1 Å². The van der Waals surface area contributed by atoms with Crippen molar-refractivity contribution in [2.45, 2.75) is 13.8 Å². The number of amides is 1. The number of carbonyl (C=O) groups is 1. The van der Waals surface area contributed by atoms with Crippen LogP contribution in [0.2, 0.25) is 10.0 Å². The largest absolute Gasteiger partial charge is 0.396 e. The van der Waals surface area contributed by atoms with Gasteiger partial charge in [-0.3, -0.25) is 4.79 Å². The van der Waals surface area contributed by atoms with Gasteiger partial charge < -0.3 is 11.1 Å². The minimum absolute atomic E-state index is 0.214. The fraction of sp³-hybridized carbons (Fsp3) is 0.133. The third-order valence-electron chi connectivity index (χ3n) is 2.82. The number of hydrogen-bond acceptors (Lipinski definition) is 2. The van der Waals surface area contributed by atoms with Crippen LogP contribution < -0.4 is 11.1 Å². The van der Waals surface area contributed by atoms with E-state index in [1.807, 2.05) is 32.0 Å². The Morgan fingerprint density at radius 3 is 2.00 bits per heavy atom. The second kappa shape index (κ2) is 5.73. The SMILES string of the molecule is Cc1cc(C)cc(C(=O)Nc2cc(Cl)c(N)c(Cl)c2)c1. The van der Waals surface area contributed by atoms with Gasteiger partial charge in [0, 0.05) is 11.3 Å². The quantitative estimate of drug-likeness (QED) is 0.806. The van der Waals surface area contributed by atoms with Crippen molar-refractivity contribution in [2.75, 3.05) is 11.1 Å². The van der Waals surface area contributed by atoms with Crippen molar-refractivity contribution in [2.24, 2.45) is 0 Å². The first kappa shape index (κ1) is 14.7. The lowest BCUT2D eigenvalue weighted by atomic mass is 10.1. The second-order valence-electron chi connectivity index (χ2n) is 4.68. The van der Waals surface area contributed by atoms with Gasteiger partial charge in [0.25, 0.3) is 5.91 Å². The van der Waals surface area contributed by atoms with Gasteiger partial charge >= 0.3 is 0 Å². The van der Waals surface area contributed by atoms with Crippen LogP contribution in [0.5, 0.6) is 0 Å². The molecule has 0 aliphatic carbocycles. The normalized spacial score (nSPS) is 10.4. The van der Waals surface area contributed by atoms with Crippen LogP contribution in [0.3, 0.4) is 0 Å². The Balaban J connectivity index is 2.28. The summed E-state index contributed by atoms with van der Waals surface area (Å²) < 4.78 is 0. The smallest absolute Gasteiger partial charge is 0.255 e. The minimum Gasteiger partial charge on any atom is -0.396 e. The summed E-state index contributed by atoms with van der Waals surface area (Å²) in [6.45, 7) is 3.89. The summed E-state index contributed by atoms with van der Waals surface area (Å²) in [7, 11) is 0. The predicted molar refractivity (Wildman–Crippen MR) is 84.7 cm³/mol. The molecule has 0 atom stereocenters. The molecule has 0 unspecified atom stereocenters. The topological polar surface area (TPSA) is 55.1 Å². The number of carbonyl (C=O) groups excluding carboxylic acids is 1. The van der Waals surface area contributed by atoms with E-state index in [-0.39, 0.29) is 5.91 Å². The first-order chi connectivity index (χ1) is 9.36. The van der Waals surface area contributed by atoms with Crippen molar-refractivity contribution in [1.82, 2.24) is 0 Å². The Morgan fingerprint density at radius 1 is 1.00 bits per heavy atom. The summed E-state index contributed by atoms with van der Waals surface area (Å²) in [5.41, 5.74) is 9.12. The van der Waals surface area contributed by atoms with Gasteiger partial charge in [-0.05, 0) is 38.1 Å². The zero-order chi connectivity index (χ0) is 14.9. The zero-order valence-electron chi connectivity index (χ0n) is 11.1. The van der Waals surface area contributed by atoms with Gasteiger partial charge in [0.05, 0.1) is 15.7 Å². The van der Waals surface area contributed by atoms with E-state index in [2.05, 4.69) is 5.32 Å². The first-order valence-electron chi connectivity index (χ1n) is 6.01. The van der Waals surface area contributed by atoms with Crippen molar-refractivity contribution in [1.29, 1.82) is 0 Å². The molecule has 3 N–H and O–H groups in total. The molecule has 0 heterocycles. The molecule has 0 bridgehead atoms. The summed E-state index contributed by atoms with van der Waals surface area (Å²) in [6.07, 6.45) is 0. The average molecular weight is 309 g/mol. The molecule has 0 aliphatic rings. The van der Waals surface area contributed by atoms with Crippen LogP contribution in [0, 0.1) is 13.8 Å². The molecule has 0 radical (unpaired) electrons. The molecule has 0 spiro atoms. The first-order valence-corrected chi connectivity index (χ1v) is 6.76. The minimum atomic E-state index is -0.214. The maximum atomic E-state index is 12.2. The van der Waals surface area contributed by atoms with Gasteiger partial charge in [0.1, 0.15) is 0 Å². The van der Waals surface area contributed by atoms with Gasteiger partial charge in [-0.2, -0.15) is 0 Å². The number of rotatable bonds is 2. The summed E-state index contributed by atoms with van der Waals surface area (Å²) in [4.78, 5) is 12.2. The van der Waals surface area contributed by atoms with E-state index in [1.165, 1.54) is 0 Å². The lowest BCUT2D eigenvalue weighted by Gasteiger charge is -2.09. The molecule has 5 heteroatoms. The lowest BCUT2D eigenvalue weighted by Crippen LogP contribution is -2.12. The summed E-state index contributed by atoms with van der Waals surface area (Å²) in [5.74, 6) is -0.214. The molecule has 104 valence electrons. The van der Waals surface area contributed by atoms with Crippen molar-refractivity contribution in [3.63, 3.8) is 0 Å². The number of halogens is 2. The zero-order valence-corrected chi connectivity index (χ0v) is 12.6. The fourth-order valence-electron chi connectivity index (χ4n) is 1.97. The van der Waals surface area contributed by atoms with Crippen LogP contribution in [0.1, 0.15) is 21.5 Å². The standard InChI is InChI=1S/C15H14Cl2N2O/c1-8-3-9(2)5-10(4-8)15(20)19-11-6-12(16)14(18)13(17)7-11/h3-7H,18H2,1-2H3,(H,19,20). The number of nitrogens with two attached hydrogens (primary N) is 1. The Labute approximate surface area is 127 Å². The summed E-state index contributed by atoms with van der Waals surface area (Å²) >= 11 is 11.9. The fourth-order valence-corrected chi connectivity index (χ4v) is 2.45. The van der Waals surface area contributed by atoms with Crippen LogP contribution >= 0.6 is 23.2 Å². The highest BCUT2D eigenvalue weighted by Gasteiger charge is 2.10. The molecule has 2 rings (SSSR count). The molecule has 0 saturated carbocycles. The molecule has 2 aromatic rings. The molecule has 2 aromatic carbocycles. The highest BCUT2D eigenvalue weighted by molar-refractivity contribution is 6.39. The third-order valence-corrected chi connectivity index (χ3v) is 3.45. The molecule has 0 saturated heterocycles. The van der Waals surface area contributed by atoms with Crippen LogP contribution in [-0.2, 0) is 0 Å².